The van der Waals surface area contributed by atoms with Crippen LogP contribution in [0.1, 0.15) is 35.5 Å². The molecule has 1 aromatic carbocycles. The van der Waals surface area contributed by atoms with Crippen LogP contribution in [0, 0.1) is 5.92 Å². The van der Waals surface area contributed by atoms with E-state index in [0.717, 1.165) is 19.4 Å². The summed E-state index contributed by atoms with van der Waals surface area (Å²) in [5.41, 5.74) is 0.889. The average Bonchev–Trinajstić information content (AvgIpc) is 3.29. The highest BCUT2D eigenvalue weighted by Crippen LogP contribution is 2.38. The maximum Gasteiger partial charge on any atom is 0.471 e. The molecule has 2 heterocycles. The Morgan fingerprint density at radius 2 is 1.96 bits per heavy atom. The van der Waals surface area contributed by atoms with E-state index in [1.807, 2.05) is 4.90 Å². The summed E-state index contributed by atoms with van der Waals surface area (Å²) < 4.78 is 41.7. The molecule has 2 atom stereocenters. The number of halogens is 3. The molecule has 2 fully saturated rings. The van der Waals surface area contributed by atoms with Gasteiger partial charge in [-0.3, -0.25) is 4.79 Å². The molecule has 1 saturated carbocycles. The van der Waals surface area contributed by atoms with Gasteiger partial charge in [0, 0.05) is 23.7 Å². The Balaban J connectivity index is 1.52. The number of rotatable bonds is 2. The molecule has 24 heavy (non-hydrogen) atoms. The lowest BCUT2D eigenvalue weighted by atomic mass is 10.1. The van der Waals surface area contributed by atoms with Crippen molar-refractivity contribution < 1.29 is 22.5 Å². The van der Waals surface area contributed by atoms with Crippen LogP contribution >= 0.6 is 0 Å². The number of hydrogen-bond donors (Lipinski definition) is 0. The van der Waals surface area contributed by atoms with Crippen LogP contribution in [0.4, 0.5) is 13.2 Å². The van der Waals surface area contributed by atoms with Gasteiger partial charge in [0.15, 0.2) is 0 Å². The summed E-state index contributed by atoms with van der Waals surface area (Å²) in [6.07, 6.45) is -1.35. The normalized spacial score (nSPS) is 23.0. The average molecular weight is 337 g/mol. The van der Waals surface area contributed by atoms with Gasteiger partial charge in [0.25, 0.3) is 5.91 Å². The van der Waals surface area contributed by atoms with Crippen LogP contribution in [0.5, 0.6) is 0 Å². The van der Waals surface area contributed by atoms with Crippen molar-refractivity contribution in [2.24, 2.45) is 5.92 Å². The summed E-state index contributed by atoms with van der Waals surface area (Å²) in [6, 6.07) is 6.58. The minimum absolute atomic E-state index is 0.0298. The molecule has 8 heteroatoms. The molecule has 0 N–H and O–H groups in total. The number of likely N-dealkylation sites (tertiary alicyclic amines) is 1. The van der Waals surface area contributed by atoms with Gasteiger partial charge in [0.05, 0.1) is 0 Å². The van der Waals surface area contributed by atoms with Crippen LogP contribution in [0.3, 0.4) is 0 Å². The second kappa shape index (κ2) is 5.32. The molecule has 2 aliphatic rings. The van der Waals surface area contributed by atoms with Crippen molar-refractivity contribution in [2.45, 2.75) is 31.5 Å². The highest BCUT2D eigenvalue weighted by atomic mass is 19.4. The quantitative estimate of drug-likeness (QED) is 0.843. The van der Waals surface area contributed by atoms with Crippen LogP contribution in [0.2, 0.25) is 0 Å². The molecule has 2 unspecified atom stereocenters. The molecule has 2 aromatic rings. The van der Waals surface area contributed by atoms with Crippen molar-refractivity contribution in [3.05, 3.63) is 35.7 Å². The Kier molecular flexibility index (Phi) is 3.36. The van der Waals surface area contributed by atoms with Crippen molar-refractivity contribution in [1.29, 1.82) is 0 Å². The van der Waals surface area contributed by atoms with E-state index >= 15 is 0 Å². The van der Waals surface area contributed by atoms with Gasteiger partial charge in [-0.05, 0) is 37.3 Å². The fraction of sp³-hybridized carbons (Fsp3) is 0.438. The topological polar surface area (TPSA) is 59.2 Å². The Morgan fingerprint density at radius 3 is 2.50 bits per heavy atom. The Labute approximate surface area is 135 Å². The van der Waals surface area contributed by atoms with Crippen LogP contribution in [-0.4, -0.2) is 33.5 Å². The van der Waals surface area contributed by atoms with Crippen LogP contribution in [0.25, 0.3) is 11.4 Å². The van der Waals surface area contributed by atoms with E-state index in [-0.39, 0.29) is 11.7 Å². The number of benzene rings is 1. The van der Waals surface area contributed by atoms with Crippen molar-refractivity contribution in [3.8, 4) is 11.4 Å². The molecule has 2 bridgehead atoms. The summed E-state index contributed by atoms with van der Waals surface area (Å²) in [5, 5.41) is 3.33. The van der Waals surface area contributed by atoms with Crippen molar-refractivity contribution >= 4 is 5.91 Å². The van der Waals surface area contributed by atoms with E-state index in [0.29, 0.717) is 23.1 Å². The number of carbonyl (C=O) groups is 1. The third-order valence-corrected chi connectivity index (χ3v) is 4.73. The number of fused-ring (bicyclic) bond motifs is 2. The monoisotopic (exact) mass is 337 g/mol. The van der Waals surface area contributed by atoms with E-state index in [1.165, 1.54) is 18.6 Å². The van der Waals surface area contributed by atoms with Gasteiger partial charge >= 0.3 is 12.1 Å². The Morgan fingerprint density at radius 1 is 1.21 bits per heavy atom. The SMILES string of the molecule is O=C(c1ccc(-c2noc(C(F)(F)F)n2)cc1)N1CC2CCC1C2. The first-order valence-corrected chi connectivity index (χ1v) is 7.74. The maximum absolute atomic E-state index is 12.5. The zero-order valence-electron chi connectivity index (χ0n) is 12.6. The largest absolute Gasteiger partial charge is 0.471 e. The smallest absolute Gasteiger partial charge is 0.335 e. The summed E-state index contributed by atoms with van der Waals surface area (Å²) in [4.78, 5) is 17.8. The van der Waals surface area contributed by atoms with Gasteiger partial charge < -0.3 is 9.42 Å². The first-order chi connectivity index (χ1) is 11.4. The van der Waals surface area contributed by atoms with Crippen molar-refractivity contribution in [2.75, 3.05) is 6.54 Å². The number of nitrogens with zero attached hydrogens (tertiary/aromatic N) is 3. The number of alkyl halides is 3. The van der Waals surface area contributed by atoms with Gasteiger partial charge in [0.1, 0.15) is 0 Å². The standard InChI is InChI=1S/C16H14F3N3O2/c17-16(18,19)15-20-13(21-24-15)10-2-4-11(5-3-10)14(23)22-8-9-1-6-12(22)7-9/h2-5,9,12H,1,6-8H2. The number of carbonyl (C=O) groups excluding carboxylic acids is 1. The molecule has 1 aliphatic heterocycles. The predicted molar refractivity (Wildman–Crippen MR) is 76.9 cm³/mol. The lowest BCUT2D eigenvalue weighted by molar-refractivity contribution is -0.159. The predicted octanol–water partition coefficient (Wildman–Crippen LogP) is 3.38. The molecular weight excluding hydrogens is 323 g/mol. The second-order valence-electron chi connectivity index (χ2n) is 6.29. The highest BCUT2D eigenvalue weighted by molar-refractivity contribution is 5.95. The van der Waals surface area contributed by atoms with Gasteiger partial charge in [-0.2, -0.15) is 18.2 Å². The number of piperidine rings is 1. The summed E-state index contributed by atoms with van der Waals surface area (Å²) >= 11 is 0. The molecule has 4 rings (SSSR count). The zero-order chi connectivity index (χ0) is 16.9. The first-order valence-electron chi connectivity index (χ1n) is 7.74. The van der Waals surface area contributed by atoms with E-state index in [2.05, 4.69) is 14.7 Å². The number of aromatic nitrogens is 2. The molecule has 0 radical (unpaired) electrons. The van der Waals surface area contributed by atoms with Crippen LogP contribution < -0.4 is 0 Å². The molecule has 5 nitrogen and oxygen atoms in total. The number of amides is 1. The maximum atomic E-state index is 12.5. The van der Waals surface area contributed by atoms with Crippen molar-refractivity contribution in [1.82, 2.24) is 15.0 Å². The molecule has 1 amide bonds. The van der Waals surface area contributed by atoms with Gasteiger partial charge in [-0.25, -0.2) is 0 Å². The minimum Gasteiger partial charge on any atom is -0.335 e. The summed E-state index contributed by atoms with van der Waals surface area (Å²) in [6.45, 7) is 0.797. The lowest BCUT2D eigenvalue weighted by Gasteiger charge is -2.27. The van der Waals surface area contributed by atoms with E-state index < -0.39 is 12.1 Å². The summed E-state index contributed by atoms with van der Waals surface area (Å²) in [5.74, 6) is -0.955. The van der Waals surface area contributed by atoms with Crippen LogP contribution in [-0.2, 0) is 6.18 Å². The second-order valence-corrected chi connectivity index (χ2v) is 6.29. The number of hydrogen-bond acceptors (Lipinski definition) is 4. The van der Waals surface area contributed by atoms with E-state index in [4.69, 9.17) is 0 Å². The Hall–Kier alpha value is -2.38. The van der Waals surface area contributed by atoms with Gasteiger partial charge in [0.2, 0.25) is 5.82 Å². The fourth-order valence-corrected chi connectivity index (χ4v) is 3.56. The first kappa shape index (κ1) is 15.2. The third kappa shape index (κ3) is 2.55. The highest BCUT2D eigenvalue weighted by Gasteiger charge is 2.40. The van der Waals surface area contributed by atoms with Crippen molar-refractivity contribution in [3.63, 3.8) is 0 Å². The molecule has 0 spiro atoms. The lowest BCUT2D eigenvalue weighted by Crippen LogP contribution is -2.37. The zero-order valence-corrected chi connectivity index (χ0v) is 12.6. The minimum atomic E-state index is -4.67. The van der Waals surface area contributed by atoms with Gasteiger partial charge in [-0.1, -0.05) is 17.3 Å². The fourth-order valence-electron chi connectivity index (χ4n) is 3.56. The van der Waals surface area contributed by atoms with E-state index in [9.17, 15) is 18.0 Å². The summed E-state index contributed by atoms with van der Waals surface area (Å²) in [7, 11) is 0. The molecule has 126 valence electrons. The Bertz CT molecular complexity index is 770. The molecule has 1 saturated heterocycles. The van der Waals surface area contributed by atoms with E-state index in [1.54, 1.807) is 12.1 Å². The molecule has 1 aliphatic carbocycles. The van der Waals surface area contributed by atoms with Crippen LogP contribution in [0.15, 0.2) is 28.8 Å². The van der Waals surface area contributed by atoms with Gasteiger partial charge in [-0.15, -0.1) is 0 Å². The molecular formula is C16H14F3N3O2. The third-order valence-electron chi connectivity index (χ3n) is 4.73. The molecule has 1 aromatic heterocycles.